The molecule has 1 N–H and O–H groups in total. The van der Waals surface area contributed by atoms with Crippen LogP contribution in [-0.2, 0) is 4.79 Å². The molecule has 1 aromatic rings. The van der Waals surface area contributed by atoms with Gasteiger partial charge in [0, 0.05) is 17.1 Å². The summed E-state index contributed by atoms with van der Waals surface area (Å²) in [7, 11) is 1.93. The largest absolute Gasteiger partial charge is 0.325 e. The van der Waals surface area contributed by atoms with Gasteiger partial charge in [0.25, 0.3) is 0 Å². The van der Waals surface area contributed by atoms with Gasteiger partial charge in [0.15, 0.2) is 0 Å². The zero-order chi connectivity index (χ0) is 13.8. The Bertz CT molecular complexity index is 455. The van der Waals surface area contributed by atoms with E-state index in [9.17, 15) is 4.79 Å². The maximum Gasteiger partial charge on any atom is 0.236 e. The second-order valence-electron chi connectivity index (χ2n) is 4.64. The molecule has 2 unspecified atom stereocenters. The highest BCUT2D eigenvalue weighted by molar-refractivity contribution is 8.01. The molecule has 0 saturated carbocycles. The van der Waals surface area contributed by atoms with Crippen molar-refractivity contribution < 1.29 is 4.79 Å². The minimum atomic E-state index is 0.0101. The van der Waals surface area contributed by atoms with Crippen molar-refractivity contribution in [3.05, 3.63) is 34.9 Å². The number of rotatable bonds is 5. The van der Waals surface area contributed by atoms with Crippen LogP contribution < -0.4 is 5.32 Å². The quantitative estimate of drug-likeness (QED) is 0.848. The summed E-state index contributed by atoms with van der Waals surface area (Å²) in [6.07, 6.45) is 0.955. The summed E-state index contributed by atoms with van der Waals surface area (Å²) >= 11 is 7.94. The summed E-state index contributed by atoms with van der Waals surface area (Å²) in [6.45, 7) is 3.65. The van der Waals surface area contributed by atoms with Crippen molar-refractivity contribution in [2.24, 2.45) is 0 Å². The molecule has 0 aromatic heterocycles. The number of nitrogens with zero attached hydrogens (tertiary/aromatic N) is 1. The van der Waals surface area contributed by atoms with Crippen molar-refractivity contribution in [1.29, 1.82) is 0 Å². The van der Waals surface area contributed by atoms with Crippen LogP contribution in [0.1, 0.15) is 24.3 Å². The Morgan fingerprint density at radius 1 is 1.42 bits per heavy atom. The smallest absolute Gasteiger partial charge is 0.236 e. The minimum Gasteiger partial charge on any atom is -0.325 e. The van der Waals surface area contributed by atoms with E-state index < -0.39 is 0 Å². The molecule has 3 nitrogen and oxygen atoms in total. The number of benzene rings is 1. The van der Waals surface area contributed by atoms with Gasteiger partial charge in [0.1, 0.15) is 5.37 Å². The van der Waals surface area contributed by atoms with Crippen LogP contribution in [0.2, 0.25) is 5.02 Å². The van der Waals surface area contributed by atoms with Crippen molar-refractivity contribution in [3.8, 4) is 0 Å². The number of hydrogen-bond acceptors (Lipinski definition) is 3. The molecule has 1 saturated heterocycles. The summed E-state index contributed by atoms with van der Waals surface area (Å²) in [5.74, 6) is 0.214. The topological polar surface area (TPSA) is 32.3 Å². The van der Waals surface area contributed by atoms with E-state index in [4.69, 9.17) is 11.6 Å². The first-order valence-electron chi connectivity index (χ1n) is 6.50. The van der Waals surface area contributed by atoms with Crippen molar-refractivity contribution >= 4 is 29.3 Å². The third-order valence-corrected chi connectivity index (χ3v) is 4.96. The van der Waals surface area contributed by atoms with Crippen LogP contribution in [0.25, 0.3) is 0 Å². The Balaban J connectivity index is 2.17. The van der Waals surface area contributed by atoms with Gasteiger partial charge in [-0.2, -0.15) is 0 Å². The highest BCUT2D eigenvalue weighted by Gasteiger charge is 2.38. The summed E-state index contributed by atoms with van der Waals surface area (Å²) in [6, 6.07) is 7.79. The van der Waals surface area contributed by atoms with Gasteiger partial charge < -0.3 is 10.2 Å². The first-order chi connectivity index (χ1) is 9.15. The fourth-order valence-corrected chi connectivity index (χ4v) is 3.89. The van der Waals surface area contributed by atoms with Crippen molar-refractivity contribution in [2.45, 2.75) is 24.0 Å². The molecule has 0 spiro atoms. The van der Waals surface area contributed by atoms with Crippen LogP contribution in [-0.4, -0.2) is 36.2 Å². The molecular formula is C14H19ClN2OS. The Kier molecular flexibility index (Phi) is 5.13. The molecule has 1 fully saturated rings. The summed E-state index contributed by atoms with van der Waals surface area (Å²) < 4.78 is 0. The van der Waals surface area contributed by atoms with E-state index in [1.807, 2.05) is 43.1 Å². The Labute approximate surface area is 123 Å². The molecular weight excluding hydrogens is 280 g/mol. The lowest BCUT2D eigenvalue weighted by Crippen LogP contribution is -2.32. The molecule has 1 heterocycles. The highest BCUT2D eigenvalue weighted by atomic mass is 35.5. The molecule has 1 aromatic carbocycles. The second kappa shape index (κ2) is 6.64. The van der Waals surface area contributed by atoms with Crippen LogP contribution in [0.5, 0.6) is 0 Å². The van der Waals surface area contributed by atoms with E-state index in [1.165, 1.54) is 0 Å². The van der Waals surface area contributed by atoms with Crippen molar-refractivity contribution in [1.82, 2.24) is 10.2 Å². The average molecular weight is 299 g/mol. The minimum absolute atomic E-state index is 0.0101. The molecule has 104 valence electrons. The van der Waals surface area contributed by atoms with E-state index >= 15 is 0 Å². The van der Waals surface area contributed by atoms with E-state index in [2.05, 4.69) is 5.32 Å². The third-order valence-electron chi connectivity index (χ3n) is 3.24. The molecule has 0 aliphatic carbocycles. The van der Waals surface area contributed by atoms with Crippen LogP contribution in [0, 0.1) is 0 Å². The lowest BCUT2D eigenvalue weighted by molar-refractivity contribution is -0.129. The molecule has 19 heavy (non-hydrogen) atoms. The molecule has 1 amide bonds. The maximum absolute atomic E-state index is 12.2. The lowest BCUT2D eigenvalue weighted by Gasteiger charge is -2.24. The molecule has 0 bridgehead atoms. The van der Waals surface area contributed by atoms with Gasteiger partial charge in [0.05, 0.1) is 5.25 Å². The van der Waals surface area contributed by atoms with Crippen LogP contribution >= 0.6 is 23.4 Å². The first-order valence-corrected chi connectivity index (χ1v) is 7.82. The van der Waals surface area contributed by atoms with Gasteiger partial charge in [-0.15, -0.1) is 11.8 Å². The normalized spacial score (nSPS) is 23.1. The summed E-state index contributed by atoms with van der Waals surface area (Å²) in [5.41, 5.74) is 1.04. The molecule has 2 rings (SSSR count). The number of halogens is 1. The number of carbonyl (C=O) groups excluding carboxylic acids is 1. The zero-order valence-electron chi connectivity index (χ0n) is 11.2. The molecule has 1 aliphatic heterocycles. The van der Waals surface area contributed by atoms with Gasteiger partial charge >= 0.3 is 0 Å². The van der Waals surface area contributed by atoms with Crippen LogP contribution in [0.15, 0.2) is 24.3 Å². The number of carbonyl (C=O) groups is 1. The summed E-state index contributed by atoms with van der Waals surface area (Å²) in [4.78, 5) is 14.2. The number of hydrogen-bond donors (Lipinski definition) is 1. The second-order valence-corrected chi connectivity index (χ2v) is 6.47. The molecule has 0 radical (unpaired) electrons. The molecule has 1 aliphatic rings. The van der Waals surface area contributed by atoms with Gasteiger partial charge in [0.2, 0.25) is 5.91 Å². The van der Waals surface area contributed by atoms with Gasteiger partial charge in [-0.25, -0.2) is 0 Å². The fraction of sp³-hybridized carbons (Fsp3) is 0.500. The monoisotopic (exact) mass is 298 g/mol. The van der Waals surface area contributed by atoms with Gasteiger partial charge in [-0.05, 0) is 33.0 Å². The van der Waals surface area contributed by atoms with E-state index in [0.717, 1.165) is 30.1 Å². The fourth-order valence-electron chi connectivity index (χ4n) is 2.24. The third kappa shape index (κ3) is 3.25. The van der Waals surface area contributed by atoms with E-state index in [1.54, 1.807) is 11.8 Å². The Morgan fingerprint density at radius 3 is 2.84 bits per heavy atom. The Morgan fingerprint density at radius 2 is 2.16 bits per heavy atom. The summed E-state index contributed by atoms with van der Waals surface area (Å²) in [5, 5.41) is 3.91. The Hall–Kier alpha value is -0.710. The SMILES string of the molecule is CNCCCN1C(=O)C(C)SC1c1ccccc1Cl. The lowest BCUT2D eigenvalue weighted by atomic mass is 10.2. The van der Waals surface area contributed by atoms with Gasteiger partial charge in [-0.3, -0.25) is 4.79 Å². The average Bonchev–Trinajstić information content (AvgIpc) is 2.68. The number of nitrogens with one attached hydrogen (secondary N) is 1. The van der Waals surface area contributed by atoms with Crippen LogP contribution in [0.4, 0.5) is 0 Å². The van der Waals surface area contributed by atoms with Crippen molar-refractivity contribution in [3.63, 3.8) is 0 Å². The standard InChI is InChI=1S/C14H19ClN2OS/c1-10-13(18)17(9-5-8-16-2)14(19-10)11-6-3-4-7-12(11)15/h3-4,6-7,10,14,16H,5,8-9H2,1-2H3. The molecule has 2 atom stereocenters. The first kappa shape index (κ1) is 14.7. The highest BCUT2D eigenvalue weighted by Crippen LogP contribution is 2.44. The maximum atomic E-state index is 12.2. The predicted octanol–water partition coefficient (Wildman–Crippen LogP) is 2.91. The van der Waals surface area contributed by atoms with Crippen LogP contribution in [0.3, 0.4) is 0 Å². The van der Waals surface area contributed by atoms with Crippen molar-refractivity contribution in [2.75, 3.05) is 20.1 Å². The predicted molar refractivity (Wildman–Crippen MR) is 81.5 cm³/mol. The number of amides is 1. The van der Waals surface area contributed by atoms with E-state index in [0.29, 0.717) is 0 Å². The van der Waals surface area contributed by atoms with Gasteiger partial charge in [-0.1, -0.05) is 29.8 Å². The van der Waals surface area contributed by atoms with E-state index in [-0.39, 0.29) is 16.5 Å². The number of thioether (sulfide) groups is 1. The zero-order valence-corrected chi connectivity index (χ0v) is 12.8. The molecule has 5 heteroatoms.